The molecule has 0 bridgehead atoms. The molecule has 10 atom stereocenters. The number of ether oxygens (including phenoxy) is 5. The second kappa shape index (κ2) is 21.5. The predicted molar refractivity (Wildman–Crippen MR) is 216 cm³/mol. The molecule has 376 valence electrons. The van der Waals surface area contributed by atoms with Crippen LogP contribution < -0.4 is 9.47 Å². The third-order valence-corrected chi connectivity index (χ3v) is 11.4. The molecule has 2 heterocycles. The van der Waals surface area contributed by atoms with E-state index in [0.29, 0.717) is 0 Å². The third kappa shape index (κ3) is 12.1. The van der Waals surface area contributed by atoms with Crippen LogP contribution >= 0.6 is 23.2 Å². The van der Waals surface area contributed by atoms with Gasteiger partial charge in [-0.05, 0) is 78.4 Å². The van der Waals surface area contributed by atoms with Crippen LogP contribution in [-0.2, 0) is 31.8 Å². The smallest absolute Gasteiger partial charge is 0.422 e. The monoisotopic (exact) mass is 1030 g/mol. The molecule has 68 heavy (non-hydrogen) atoms. The number of hydrogen-bond acceptors (Lipinski definition) is 13. The maximum Gasteiger partial charge on any atom is 0.422 e. The van der Waals surface area contributed by atoms with Crippen molar-refractivity contribution in [2.45, 2.75) is 84.9 Å². The van der Waals surface area contributed by atoms with Crippen molar-refractivity contribution in [2.75, 3.05) is 33.5 Å². The van der Waals surface area contributed by atoms with Crippen molar-refractivity contribution in [1.82, 2.24) is 0 Å². The summed E-state index contributed by atoms with van der Waals surface area (Å²) in [5.41, 5.74) is -2.89. The van der Waals surface area contributed by atoms with E-state index in [2.05, 4.69) is 9.47 Å². The van der Waals surface area contributed by atoms with Crippen LogP contribution in [0.4, 0.5) is 43.9 Å². The zero-order valence-electron chi connectivity index (χ0n) is 34.8. The highest BCUT2D eigenvalue weighted by Gasteiger charge is 2.56. The Bertz CT molecular complexity index is 2290. The molecule has 1 unspecified atom stereocenters. The minimum absolute atomic E-state index is 0.00361. The lowest BCUT2D eigenvalue weighted by Crippen LogP contribution is -2.64. The Morgan fingerprint density at radius 2 is 1.00 bits per heavy atom. The fourth-order valence-corrected chi connectivity index (χ4v) is 7.62. The number of alkyl halides is 10. The van der Waals surface area contributed by atoms with Gasteiger partial charge in [-0.2, -0.15) is 43.9 Å². The molecule has 0 aliphatic carbocycles. The highest BCUT2D eigenvalue weighted by molar-refractivity contribution is 6.31. The average molecular weight is 1030 g/mol. The van der Waals surface area contributed by atoms with Gasteiger partial charge in [0.05, 0.1) is 23.3 Å². The van der Waals surface area contributed by atoms with E-state index in [1.165, 1.54) is 12.1 Å². The highest BCUT2D eigenvalue weighted by atomic mass is 35.5. The molecule has 6 rings (SSSR count). The Morgan fingerprint density at radius 3 is 1.44 bits per heavy atom. The largest absolute Gasteiger partial charge is 0.484 e. The summed E-state index contributed by atoms with van der Waals surface area (Å²) in [6.07, 6.45) is -23.7. The van der Waals surface area contributed by atoms with Crippen molar-refractivity contribution >= 4 is 23.2 Å². The van der Waals surface area contributed by atoms with Gasteiger partial charge < -0.3 is 64.5 Å². The normalized spacial score (nSPS) is 27.0. The van der Waals surface area contributed by atoms with E-state index >= 15 is 17.6 Å². The molecule has 0 saturated carbocycles. The summed E-state index contributed by atoms with van der Waals surface area (Å²) in [5, 5.41) is 79.0. The van der Waals surface area contributed by atoms with Crippen LogP contribution in [0.3, 0.4) is 0 Å². The Kier molecular flexibility index (Phi) is 17.3. The van der Waals surface area contributed by atoms with E-state index in [9.17, 15) is 67.2 Å². The van der Waals surface area contributed by atoms with Gasteiger partial charge in [-0.1, -0.05) is 35.3 Å². The molecule has 2 aliphatic heterocycles. The van der Waals surface area contributed by atoms with Gasteiger partial charge in [0.15, 0.2) is 13.2 Å². The topological polar surface area (TPSA) is 208 Å². The molecule has 2 aliphatic rings. The Hall–Kier alpha value is -4.08. The summed E-state index contributed by atoms with van der Waals surface area (Å²) in [5.74, 6) is -10.3. The van der Waals surface area contributed by atoms with Gasteiger partial charge in [-0.25, -0.2) is 0 Å². The van der Waals surface area contributed by atoms with Crippen LogP contribution in [0.5, 0.6) is 11.5 Å². The third-order valence-electron chi connectivity index (χ3n) is 10.7. The summed E-state index contributed by atoms with van der Waals surface area (Å²) in [6.45, 7) is -4.64. The molecular weight excluding hydrogens is 985 g/mol. The van der Waals surface area contributed by atoms with Crippen molar-refractivity contribution < 1.29 is 108 Å². The lowest BCUT2D eigenvalue weighted by Gasteiger charge is -2.47. The van der Waals surface area contributed by atoms with E-state index < -0.39 is 139 Å². The lowest BCUT2D eigenvalue weighted by molar-refractivity contribution is -0.366. The molecule has 0 aromatic heterocycles. The summed E-state index contributed by atoms with van der Waals surface area (Å²) >= 11 is 12.0. The van der Waals surface area contributed by atoms with E-state index in [1.54, 1.807) is 0 Å². The number of benzene rings is 4. The zero-order valence-corrected chi connectivity index (χ0v) is 36.3. The number of methoxy groups -OCH3 is 1. The highest BCUT2D eigenvalue weighted by Crippen LogP contribution is 2.46. The first-order valence-corrected chi connectivity index (χ1v) is 20.5. The summed E-state index contributed by atoms with van der Waals surface area (Å²) in [6, 6.07) is 13.8. The number of rotatable bonds is 13. The van der Waals surface area contributed by atoms with Gasteiger partial charge in [-0.3, -0.25) is 0 Å². The van der Waals surface area contributed by atoms with Crippen molar-refractivity contribution in [3.8, 4) is 11.5 Å². The number of halogens is 12. The number of aliphatic hydroxyl groups is 8. The first-order valence-electron chi connectivity index (χ1n) is 19.8. The Labute approximate surface area is 389 Å². The van der Waals surface area contributed by atoms with E-state index in [4.69, 9.17) is 37.4 Å². The predicted octanol–water partition coefficient (Wildman–Crippen LogP) is 5.63. The zero-order chi connectivity index (χ0) is 50.7. The van der Waals surface area contributed by atoms with Gasteiger partial charge in [0.25, 0.3) is 11.8 Å². The van der Waals surface area contributed by atoms with E-state index in [-0.39, 0.29) is 27.6 Å². The first-order chi connectivity index (χ1) is 31.6. The second-order valence-electron chi connectivity index (χ2n) is 15.3. The molecule has 4 aromatic rings. The minimum Gasteiger partial charge on any atom is -0.484 e. The van der Waals surface area contributed by atoms with E-state index in [1.807, 2.05) is 0 Å². The SMILES string of the molecule is COC1(c2ccc(Cl)c(C(F)(F)c3ccc(OCC(F)(F)F)cc3)c2)O[C@H](CO)[C@@H](O)[C@H](O)[C@H]1O.OC[C@H]1O[C@@H](c2ccc(Cl)c(C(F)(F)c3ccc(OCC(F)(F)F)cc3)c2)[C@H](O)[C@@H](O)[C@@H]1O. The standard InChI is InChI=1S/C22H22ClF5O7.C21H20ClF5O6/c1-33-22(19(32)18(31)17(30)16(9-29)35-22)12-4-7-15(23)14(8-12)21(27,28)11-2-5-13(6-3-11)34-10-20(24,25)26;22-14-6-1-10(19-18(31)17(30)16(29)15(8-28)33-19)7-13(14)21(26,27)11-2-4-12(5-3-11)32-9-20(23,24)25/h2-8,16-19,29-32H,9-10H2,1H3;1-7,15-19,28-31H,8-9H2/t16-,17-,18+,19-,22?;15-,16-,17+,18-,19+/m11/s1. The van der Waals surface area contributed by atoms with Crippen LogP contribution in [0.1, 0.15) is 39.5 Å². The maximum atomic E-state index is 15.4. The number of hydrogen-bond donors (Lipinski definition) is 8. The summed E-state index contributed by atoms with van der Waals surface area (Å²) in [7, 11) is 1.06. The molecule has 8 N–H and O–H groups in total. The fraction of sp³-hybridized carbons (Fsp3) is 0.442. The average Bonchev–Trinajstić information content (AvgIpc) is 3.29. The van der Waals surface area contributed by atoms with Crippen molar-refractivity contribution in [1.29, 1.82) is 0 Å². The molecule has 25 heteroatoms. The number of aliphatic hydroxyl groups excluding tert-OH is 8. The molecule has 0 amide bonds. The molecule has 0 spiro atoms. The molecule has 2 saturated heterocycles. The molecule has 0 radical (unpaired) electrons. The Balaban J connectivity index is 0.000000255. The summed E-state index contributed by atoms with van der Waals surface area (Å²) in [4.78, 5) is 0. The van der Waals surface area contributed by atoms with Gasteiger partial charge in [0, 0.05) is 34.9 Å². The maximum absolute atomic E-state index is 15.4. The molecule has 2 fully saturated rings. The van der Waals surface area contributed by atoms with Crippen molar-refractivity contribution in [3.63, 3.8) is 0 Å². The minimum atomic E-state index is -4.60. The van der Waals surface area contributed by atoms with Gasteiger partial charge in [0.2, 0.25) is 5.79 Å². The van der Waals surface area contributed by atoms with Gasteiger partial charge in [-0.15, -0.1) is 0 Å². The molecule has 4 aromatic carbocycles. The van der Waals surface area contributed by atoms with Crippen LogP contribution in [-0.4, -0.2) is 136 Å². The van der Waals surface area contributed by atoms with E-state index in [0.717, 1.165) is 79.9 Å². The Morgan fingerprint density at radius 1 is 0.559 bits per heavy atom. The fourth-order valence-electron chi connectivity index (χ4n) is 7.15. The second-order valence-corrected chi connectivity index (χ2v) is 16.1. The van der Waals surface area contributed by atoms with Gasteiger partial charge in [0.1, 0.15) is 66.4 Å². The van der Waals surface area contributed by atoms with Crippen molar-refractivity contribution in [2.24, 2.45) is 0 Å². The lowest BCUT2D eigenvalue weighted by atomic mass is 9.86. The van der Waals surface area contributed by atoms with Crippen molar-refractivity contribution in [3.05, 3.63) is 128 Å². The van der Waals surface area contributed by atoms with Gasteiger partial charge >= 0.3 is 12.4 Å². The van der Waals surface area contributed by atoms with Crippen LogP contribution in [0.15, 0.2) is 84.9 Å². The van der Waals surface area contributed by atoms with Crippen LogP contribution in [0, 0.1) is 0 Å². The molecular formula is C43H42Cl2F10O13. The molecule has 13 nitrogen and oxygen atoms in total. The summed E-state index contributed by atoms with van der Waals surface area (Å²) < 4.78 is 160. The van der Waals surface area contributed by atoms with Crippen LogP contribution in [0.25, 0.3) is 0 Å². The first kappa shape index (κ1) is 54.9. The van der Waals surface area contributed by atoms with Crippen LogP contribution in [0.2, 0.25) is 10.0 Å². The quantitative estimate of drug-likeness (QED) is 0.0766.